The molecule has 0 bridgehead atoms. The van der Waals surface area contributed by atoms with Crippen molar-refractivity contribution >= 4 is 28.6 Å². The molecule has 0 atom stereocenters. The normalized spacial score (nSPS) is 10.7. The monoisotopic (exact) mass is 339 g/mol. The second-order valence-corrected chi connectivity index (χ2v) is 5.67. The van der Waals surface area contributed by atoms with Gasteiger partial charge in [-0.25, -0.2) is 15.0 Å². The molecule has 2 heterocycles. The van der Waals surface area contributed by atoms with Crippen molar-refractivity contribution in [1.82, 2.24) is 19.9 Å². The molecule has 3 rings (SSSR count). The summed E-state index contributed by atoms with van der Waals surface area (Å²) in [6.07, 6.45) is 1.51. The third kappa shape index (κ3) is 3.92. The minimum absolute atomic E-state index is 0.00307. The Morgan fingerprint density at radius 1 is 1.00 bits per heavy atom. The molecule has 0 aliphatic rings. The van der Waals surface area contributed by atoms with E-state index < -0.39 is 0 Å². The summed E-state index contributed by atoms with van der Waals surface area (Å²) < 4.78 is 0. The van der Waals surface area contributed by atoms with Gasteiger partial charge in [0.1, 0.15) is 17.4 Å². The highest BCUT2D eigenvalue weighted by Gasteiger charge is 2.14. The first-order chi connectivity index (χ1) is 12.2. The van der Waals surface area contributed by atoms with Gasteiger partial charge in [0.25, 0.3) is 0 Å². The van der Waals surface area contributed by atoms with Crippen molar-refractivity contribution in [2.24, 2.45) is 0 Å². The van der Waals surface area contributed by atoms with Crippen LogP contribution in [0.2, 0.25) is 0 Å². The third-order valence-electron chi connectivity index (χ3n) is 3.58. The maximum absolute atomic E-state index is 9.02. The molecule has 0 spiro atoms. The van der Waals surface area contributed by atoms with Gasteiger partial charge in [-0.1, -0.05) is 30.3 Å². The lowest BCUT2D eigenvalue weighted by atomic mass is 10.2. The van der Waals surface area contributed by atoms with E-state index in [1.807, 2.05) is 49.3 Å². The van der Waals surface area contributed by atoms with E-state index in [1.54, 1.807) is 0 Å². The van der Waals surface area contributed by atoms with Crippen molar-refractivity contribution in [3.8, 4) is 0 Å². The van der Waals surface area contributed by atoms with E-state index in [2.05, 4.69) is 30.6 Å². The topological polar surface area (TPSA) is 99.1 Å². The molecular weight excluding hydrogens is 318 g/mol. The van der Waals surface area contributed by atoms with E-state index in [1.165, 1.54) is 6.33 Å². The number of rotatable bonds is 7. The van der Waals surface area contributed by atoms with E-state index in [9.17, 15) is 0 Å². The Balaban J connectivity index is 1.98. The molecule has 130 valence electrons. The van der Waals surface area contributed by atoms with Crippen LogP contribution in [-0.4, -0.2) is 52.3 Å². The fourth-order valence-corrected chi connectivity index (χ4v) is 2.40. The zero-order valence-corrected chi connectivity index (χ0v) is 14.3. The minimum atomic E-state index is 0.00307. The molecule has 1 aromatic carbocycles. The summed E-state index contributed by atoms with van der Waals surface area (Å²) in [4.78, 5) is 19.5. The Bertz CT molecular complexity index is 839. The van der Waals surface area contributed by atoms with Crippen molar-refractivity contribution in [3.05, 3.63) is 42.2 Å². The van der Waals surface area contributed by atoms with Crippen LogP contribution in [0.4, 0.5) is 17.6 Å². The summed E-state index contributed by atoms with van der Waals surface area (Å²) in [5.41, 5.74) is 2.46. The predicted octanol–water partition coefficient (Wildman–Crippen LogP) is 1.50. The lowest BCUT2D eigenvalue weighted by Crippen LogP contribution is -2.16. The van der Waals surface area contributed by atoms with Gasteiger partial charge in [-0.15, -0.1) is 0 Å². The Kier molecular flexibility index (Phi) is 5.20. The molecule has 3 aromatic rings. The quantitative estimate of drug-likeness (QED) is 0.596. The number of hydrogen-bond donors (Lipinski definition) is 3. The van der Waals surface area contributed by atoms with Gasteiger partial charge in [-0.05, 0) is 5.56 Å². The molecule has 0 radical (unpaired) electrons. The molecule has 0 saturated heterocycles. The van der Waals surface area contributed by atoms with E-state index in [0.717, 1.165) is 5.56 Å². The highest BCUT2D eigenvalue weighted by molar-refractivity contribution is 5.93. The fourth-order valence-electron chi connectivity index (χ4n) is 2.40. The van der Waals surface area contributed by atoms with Crippen LogP contribution in [0.25, 0.3) is 11.0 Å². The summed E-state index contributed by atoms with van der Waals surface area (Å²) in [5.74, 6) is 1.77. The van der Waals surface area contributed by atoms with Crippen LogP contribution in [0.5, 0.6) is 0 Å². The Hall–Kier alpha value is -3.00. The fraction of sp³-hybridized carbons (Fsp3) is 0.294. The van der Waals surface area contributed by atoms with E-state index in [-0.39, 0.29) is 6.61 Å². The van der Waals surface area contributed by atoms with Crippen LogP contribution in [-0.2, 0) is 6.54 Å². The largest absolute Gasteiger partial charge is 0.395 e. The average molecular weight is 339 g/mol. The second kappa shape index (κ2) is 7.71. The van der Waals surface area contributed by atoms with Crippen molar-refractivity contribution in [3.63, 3.8) is 0 Å². The summed E-state index contributed by atoms with van der Waals surface area (Å²) in [6.45, 7) is 1.01. The molecule has 0 fully saturated rings. The third-order valence-corrected chi connectivity index (χ3v) is 3.58. The first kappa shape index (κ1) is 16.8. The lowest BCUT2D eigenvalue weighted by Gasteiger charge is -2.16. The van der Waals surface area contributed by atoms with Crippen molar-refractivity contribution < 1.29 is 5.11 Å². The predicted molar refractivity (Wildman–Crippen MR) is 98.8 cm³/mol. The molecule has 3 N–H and O–H groups in total. The average Bonchev–Trinajstić information content (AvgIpc) is 2.64. The maximum atomic E-state index is 9.02. The minimum Gasteiger partial charge on any atom is -0.395 e. The van der Waals surface area contributed by atoms with Gasteiger partial charge in [0.05, 0.1) is 6.61 Å². The Labute approximate surface area is 146 Å². The zero-order valence-electron chi connectivity index (χ0n) is 14.3. The number of fused-ring (bicyclic) bond motifs is 1. The molecule has 8 nitrogen and oxygen atoms in total. The van der Waals surface area contributed by atoms with Crippen LogP contribution < -0.4 is 15.5 Å². The van der Waals surface area contributed by atoms with Crippen LogP contribution in [0.1, 0.15) is 5.56 Å². The number of benzene rings is 1. The number of aromatic nitrogens is 4. The molecule has 0 saturated carbocycles. The van der Waals surface area contributed by atoms with Gasteiger partial charge in [0, 0.05) is 27.2 Å². The van der Waals surface area contributed by atoms with Gasteiger partial charge < -0.3 is 20.6 Å². The molecule has 25 heavy (non-hydrogen) atoms. The first-order valence-electron chi connectivity index (χ1n) is 8.01. The van der Waals surface area contributed by atoms with E-state index in [4.69, 9.17) is 5.11 Å². The second-order valence-electron chi connectivity index (χ2n) is 5.67. The van der Waals surface area contributed by atoms with Gasteiger partial charge in [0.15, 0.2) is 11.6 Å². The van der Waals surface area contributed by atoms with Gasteiger partial charge in [-0.3, -0.25) is 0 Å². The van der Waals surface area contributed by atoms with Crippen molar-refractivity contribution in [2.45, 2.75) is 6.54 Å². The number of aliphatic hydroxyl groups excluding tert-OH is 1. The van der Waals surface area contributed by atoms with E-state index >= 15 is 0 Å². The van der Waals surface area contributed by atoms with Crippen molar-refractivity contribution in [1.29, 1.82) is 0 Å². The van der Waals surface area contributed by atoms with Crippen LogP contribution in [0.15, 0.2) is 36.7 Å². The van der Waals surface area contributed by atoms with Crippen LogP contribution in [0.3, 0.4) is 0 Å². The SMILES string of the molecule is CN(C)c1nc(NCCO)nc2c(NCc3ccccc3)ncnc12. The molecule has 8 heteroatoms. The number of nitrogens with zero attached hydrogens (tertiary/aromatic N) is 5. The first-order valence-corrected chi connectivity index (χ1v) is 8.01. The summed E-state index contributed by atoms with van der Waals surface area (Å²) in [6, 6.07) is 10.1. The van der Waals surface area contributed by atoms with Gasteiger partial charge in [0.2, 0.25) is 5.95 Å². The Morgan fingerprint density at radius 3 is 2.52 bits per heavy atom. The smallest absolute Gasteiger partial charge is 0.225 e. The number of nitrogens with one attached hydrogen (secondary N) is 2. The maximum Gasteiger partial charge on any atom is 0.225 e. The number of hydrogen-bond acceptors (Lipinski definition) is 8. The molecule has 0 unspecified atom stereocenters. The summed E-state index contributed by atoms with van der Waals surface area (Å²) >= 11 is 0. The molecule has 0 aliphatic carbocycles. The van der Waals surface area contributed by atoms with Crippen LogP contribution >= 0.6 is 0 Å². The molecule has 0 amide bonds. The lowest BCUT2D eigenvalue weighted by molar-refractivity contribution is 0.311. The van der Waals surface area contributed by atoms with E-state index in [0.29, 0.717) is 41.7 Å². The van der Waals surface area contributed by atoms with Crippen molar-refractivity contribution in [2.75, 3.05) is 42.8 Å². The van der Waals surface area contributed by atoms with Crippen LogP contribution in [0, 0.1) is 0 Å². The number of aliphatic hydroxyl groups is 1. The highest BCUT2D eigenvalue weighted by Crippen LogP contribution is 2.26. The number of anilines is 3. The van der Waals surface area contributed by atoms with Gasteiger partial charge >= 0.3 is 0 Å². The molecule has 2 aromatic heterocycles. The Morgan fingerprint density at radius 2 is 1.80 bits per heavy atom. The summed E-state index contributed by atoms with van der Waals surface area (Å²) in [5, 5.41) is 15.3. The van der Waals surface area contributed by atoms with Gasteiger partial charge in [-0.2, -0.15) is 4.98 Å². The molecule has 0 aliphatic heterocycles. The zero-order chi connectivity index (χ0) is 17.6. The molecular formula is C17H21N7O. The standard InChI is InChI=1S/C17H21N7O/c1-24(2)16-14-13(22-17(23-16)18-8-9-25)15(21-11-20-14)19-10-12-6-4-3-5-7-12/h3-7,11,25H,8-10H2,1-2H3,(H,18,22,23)(H,19,20,21). The summed E-state index contributed by atoms with van der Waals surface area (Å²) in [7, 11) is 3.80. The highest BCUT2D eigenvalue weighted by atomic mass is 16.3.